The molecule has 4 nitrogen and oxygen atoms in total. The minimum atomic E-state index is -1.41. The number of hydrogen-bond donors (Lipinski definition) is 1. The molecule has 4 rings (SSSR count). The molecule has 2 unspecified atom stereocenters. The first kappa shape index (κ1) is 16.1. The van der Waals surface area contributed by atoms with E-state index in [1.54, 1.807) is 0 Å². The van der Waals surface area contributed by atoms with Crippen LogP contribution in [0.5, 0.6) is 0 Å². The normalized spacial score (nSPS) is 22.4. The van der Waals surface area contributed by atoms with Gasteiger partial charge in [-0.15, -0.1) is 0 Å². The van der Waals surface area contributed by atoms with E-state index in [9.17, 15) is 14.3 Å². The molecule has 0 spiro atoms. The van der Waals surface area contributed by atoms with Crippen LogP contribution in [0.2, 0.25) is 0 Å². The zero-order chi connectivity index (χ0) is 17.4. The highest BCUT2D eigenvalue weighted by atomic mass is 19.1. The summed E-state index contributed by atoms with van der Waals surface area (Å²) >= 11 is 0. The number of hydrogen-bond acceptors (Lipinski definition) is 3. The van der Waals surface area contributed by atoms with E-state index < -0.39 is 18.4 Å². The fourth-order valence-electron chi connectivity index (χ4n) is 3.74. The predicted molar refractivity (Wildman–Crippen MR) is 92.2 cm³/mol. The third kappa shape index (κ3) is 2.89. The maximum atomic E-state index is 13.6. The molecule has 1 amide bonds. The first-order valence-electron chi connectivity index (χ1n) is 8.57. The summed E-state index contributed by atoms with van der Waals surface area (Å²) in [7, 11) is 0. The molecule has 2 aliphatic rings. The quantitative estimate of drug-likeness (QED) is 0.911. The molecule has 0 bridgehead atoms. The standard InChI is InChI=1S/C20H20FNO3/c21-18-11-22(10-9-19(18)23)20(24)25-12-17-15-7-3-1-5-13(15)14-6-2-4-8-16(14)17/h1-8,17-19,23H,9-12H2. The molecule has 25 heavy (non-hydrogen) atoms. The van der Waals surface area contributed by atoms with Gasteiger partial charge in [-0.25, -0.2) is 9.18 Å². The zero-order valence-corrected chi connectivity index (χ0v) is 13.8. The third-order valence-electron chi connectivity index (χ3n) is 5.10. The molecule has 1 saturated heterocycles. The smallest absolute Gasteiger partial charge is 0.409 e. The fraction of sp³-hybridized carbons (Fsp3) is 0.350. The molecule has 1 aliphatic carbocycles. The molecule has 1 fully saturated rings. The number of fused-ring (bicyclic) bond motifs is 3. The number of aliphatic hydroxyl groups excluding tert-OH is 1. The zero-order valence-electron chi connectivity index (χ0n) is 13.8. The number of alkyl halides is 1. The molecule has 1 aliphatic heterocycles. The minimum Gasteiger partial charge on any atom is -0.448 e. The first-order valence-corrected chi connectivity index (χ1v) is 8.57. The lowest BCUT2D eigenvalue weighted by atomic mass is 9.98. The van der Waals surface area contributed by atoms with E-state index >= 15 is 0 Å². The number of carbonyl (C=O) groups excluding carboxylic acids is 1. The highest BCUT2D eigenvalue weighted by molar-refractivity contribution is 5.79. The van der Waals surface area contributed by atoms with E-state index in [2.05, 4.69) is 24.3 Å². The van der Waals surface area contributed by atoms with Crippen molar-refractivity contribution >= 4 is 6.09 Å². The van der Waals surface area contributed by atoms with Crippen molar-refractivity contribution in [2.24, 2.45) is 0 Å². The number of amides is 1. The van der Waals surface area contributed by atoms with Gasteiger partial charge >= 0.3 is 6.09 Å². The summed E-state index contributed by atoms with van der Waals surface area (Å²) in [5.41, 5.74) is 4.64. The SMILES string of the molecule is O=C(OCC1c2ccccc2-c2ccccc21)N1CCC(O)C(F)C1. The average Bonchev–Trinajstić information content (AvgIpc) is 2.96. The summed E-state index contributed by atoms with van der Waals surface area (Å²) in [6.45, 7) is 0.430. The van der Waals surface area contributed by atoms with Crippen molar-refractivity contribution in [3.8, 4) is 11.1 Å². The van der Waals surface area contributed by atoms with Gasteiger partial charge in [-0.05, 0) is 28.7 Å². The van der Waals surface area contributed by atoms with Crippen molar-refractivity contribution < 1.29 is 19.0 Å². The minimum absolute atomic E-state index is 0.00657. The third-order valence-corrected chi connectivity index (χ3v) is 5.10. The second-order valence-electron chi connectivity index (χ2n) is 6.62. The lowest BCUT2D eigenvalue weighted by Gasteiger charge is -2.31. The van der Waals surface area contributed by atoms with Crippen LogP contribution in [-0.4, -0.2) is 48.1 Å². The van der Waals surface area contributed by atoms with Crippen LogP contribution in [0, 0.1) is 0 Å². The Morgan fingerprint density at radius 1 is 1.12 bits per heavy atom. The molecule has 5 heteroatoms. The Balaban J connectivity index is 1.49. The van der Waals surface area contributed by atoms with Crippen LogP contribution in [-0.2, 0) is 4.74 Å². The van der Waals surface area contributed by atoms with Gasteiger partial charge in [0.15, 0.2) is 0 Å². The number of rotatable bonds is 2. The van der Waals surface area contributed by atoms with Crippen LogP contribution in [0.15, 0.2) is 48.5 Å². The predicted octanol–water partition coefficient (Wildman–Crippen LogP) is 3.34. The fourth-order valence-corrected chi connectivity index (χ4v) is 3.74. The average molecular weight is 341 g/mol. The highest BCUT2D eigenvalue weighted by Crippen LogP contribution is 2.44. The summed E-state index contributed by atoms with van der Waals surface area (Å²) in [5, 5.41) is 9.44. The van der Waals surface area contributed by atoms with Gasteiger partial charge in [0.1, 0.15) is 12.8 Å². The summed E-state index contributed by atoms with van der Waals surface area (Å²) in [6, 6.07) is 16.3. The monoisotopic (exact) mass is 341 g/mol. The summed E-state index contributed by atoms with van der Waals surface area (Å²) in [6.07, 6.45) is -2.67. The van der Waals surface area contributed by atoms with Gasteiger partial charge in [-0.2, -0.15) is 0 Å². The number of benzene rings is 2. The number of halogens is 1. The number of piperidine rings is 1. The van der Waals surface area contributed by atoms with Crippen LogP contribution < -0.4 is 0 Å². The number of ether oxygens (including phenoxy) is 1. The van der Waals surface area contributed by atoms with Gasteiger partial charge in [0.2, 0.25) is 0 Å². The lowest BCUT2D eigenvalue weighted by Crippen LogP contribution is -2.47. The largest absolute Gasteiger partial charge is 0.448 e. The Labute approximate surface area is 145 Å². The van der Waals surface area contributed by atoms with Gasteiger partial charge in [-0.3, -0.25) is 0 Å². The van der Waals surface area contributed by atoms with Crippen molar-refractivity contribution in [1.82, 2.24) is 4.90 Å². The second kappa shape index (κ2) is 6.48. The van der Waals surface area contributed by atoms with Crippen LogP contribution in [0.4, 0.5) is 9.18 Å². The number of carbonyl (C=O) groups is 1. The topological polar surface area (TPSA) is 49.8 Å². The second-order valence-corrected chi connectivity index (χ2v) is 6.62. The molecular formula is C20H20FNO3. The van der Waals surface area contributed by atoms with E-state index in [1.807, 2.05) is 24.3 Å². The molecule has 2 aromatic rings. The maximum absolute atomic E-state index is 13.6. The van der Waals surface area contributed by atoms with Crippen molar-refractivity contribution in [2.45, 2.75) is 24.6 Å². The molecule has 2 aromatic carbocycles. The van der Waals surface area contributed by atoms with Crippen molar-refractivity contribution in [2.75, 3.05) is 19.7 Å². The Morgan fingerprint density at radius 3 is 2.32 bits per heavy atom. The van der Waals surface area contributed by atoms with Gasteiger partial charge in [-0.1, -0.05) is 48.5 Å². The van der Waals surface area contributed by atoms with Gasteiger partial charge < -0.3 is 14.7 Å². The van der Waals surface area contributed by atoms with Gasteiger partial charge in [0.25, 0.3) is 0 Å². The van der Waals surface area contributed by atoms with Crippen LogP contribution >= 0.6 is 0 Å². The van der Waals surface area contributed by atoms with Crippen LogP contribution in [0.3, 0.4) is 0 Å². The summed E-state index contributed by atoms with van der Waals surface area (Å²) in [5.74, 6) is -0.00657. The lowest BCUT2D eigenvalue weighted by molar-refractivity contribution is 0.00349. The molecule has 0 radical (unpaired) electrons. The number of likely N-dealkylation sites (tertiary alicyclic amines) is 1. The molecular weight excluding hydrogens is 321 g/mol. The molecule has 1 heterocycles. The van der Waals surface area contributed by atoms with E-state index in [0.29, 0.717) is 6.54 Å². The maximum Gasteiger partial charge on any atom is 0.409 e. The van der Waals surface area contributed by atoms with E-state index in [0.717, 1.165) is 11.1 Å². The first-order chi connectivity index (χ1) is 12.1. The molecule has 1 N–H and O–H groups in total. The Bertz CT molecular complexity index is 749. The summed E-state index contributed by atoms with van der Waals surface area (Å²) < 4.78 is 19.1. The van der Waals surface area contributed by atoms with Gasteiger partial charge in [0.05, 0.1) is 12.6 Å². The van der Waals surface area contributed by atoms with Crippen LogP contribution in [0.1, 0.15) is 23.5 Å². The molecule has 0 saturated carbocycles. The Kier molecular flexibility index (Phi) is 4.17. The summed E-state index contributed by atoms with van der Waals surface area (Å²) in [4.78, 5) is 13.6. The van der Waals surface area contributed by atoms with Crippen molar-refractivity contribution in [3.63, 3.8) is 0 Å². The van der Waals surface area contributed by atoms with Crippen molar-refractivity contribution in [3.05, 3.63) is 59.7 Å². The van der Waals surface area contributed by atoms with Crippen molar-refractivity contribution in [1.29, 1.82) is 0 Å². The van der Waals surface area contributed by atoms with E-state index in [4.69, 9.17) is 4.74 Å². The molecule has 130 valence electrons. The molecule has 0 aromatic heterocycles. The highest BCUT2D eigenvalue weighted by Gasteiger charge is 2.33. The van der Waals surface area contributed by atoms with E-state index in [-0.39, 0.29) is 25.5 Å². The van der Waals surface area contributed by atoms with E-state index in [1.165, 1.54) is 16.0 Å². The number of aliphatic hydroxyl groups is 1. The number of nitrogens with zero attached hydrogens (tertiary/aromatic N) is 1. The van der Waals surface area contributed by atoms with Crippen LogP contribution in [0.25, 0.3) is 11.1 Å². The van der Waals surface area contributed by atoms with Gasteiger partial charge in [0, 0.05) is 12.5 Å². The Hall–Kier alpha value is -2.40. The molecule has 2 atom stereocenters. The Morgan fingerprint density at radius 2 is 1.72 bits per heavy atom.